The minimum atomic E-state index is -0.250. The molecule has 20 heavy (non-hydrogen) atoms. The fourth-order valence-electron chi connectivity index (χ4n) is 2.07. The topological polar surface area (TPSA) is 24.9 Å². The Labute approximate surface area is 124 Å². The molecule has 3 rings (SSSR count). The number of benzene rings is 2. The summed E-state index contributed by atoms with van der Waals surface area (Å²) in [6, 6.07) is 12.8. The second-order valence-corrected chi connectivity index (χ2v) is 5.39. The number of halogens is 2. The zero-order chi connectivity index (χ0) is 13.9. The first-order valence-electron chi connectivity index (χ1n) is 6.24. The molecule has 0 aliphatic rings. The van der Waals surface area contributed by atoms with Gasteiger partial charge in [0.15, 0.2) is 0 Å². The molecule has 1 aromatic heterocycles. The van der Waals surface area contributed by atoms with Crippen molar-refractivity contribution in [3.8, 4) is 0 Å². The summed E-state index contributed by atoms with van der Waals surface area (Å²) in [6.07, 6.45) is 3.62. The van der Waals surface area contributed by atoms with Crippen LogP contribution in [0.4, 0.5) is 10.1 Å². The molecule has 0 bridgehead atoms. The Morgan fingerprint density at radius 1 is 1.05 bits per heavy atom. The first kappa shape index (κ1) is 13.1. The Balaban J connectivity index is 1.81. The lowest BCUT2D eigenvalue weighted by atomic mass is 10.1. The number of rotatable bonds is 3. The normalized spacial score (nSPS) is 10.7. The lowest BCUT2D eigenvalue weighted by molar-refractivity contribution is 0.628. The molecule has 0 atom stereocenters. The monoisotopic (exact) mass is 330 g/mol. The van der Waals surface area contributed by atoms with E-state index in [1.807, 2.05) is 24.4 Å². The van der Waals surface area contributed by atoms with Gasteiger partial charge in [-0.05, 0) is 57.2 Å². The number of aromatic nitrogens is 1. The predicted molar refractivity (Wildman–Crippen MR) is 83.2 cm³/mol. The maximum atomic E-state index is 13.2. The van der Waals surface area contributed by atoms with E-state index in [0.717, 1.165) is 26.5 Å². The first-order valence-corrected chi connectivity index (χ1v) is 7.03. The highest BCUT2D eigenvalue weighted by molar-refractivity contribution is 9.10. The van der Waals surface area contributed by atoms with Gasteiger partial charge in [0.1, 0.15) is 5.82 Å². The van der Waals surface area contributed by atoms with Crippen molar-refractivity contribution in [1.29, 1.82) is 0 Å². The summed E-state index contributed by atoms with van der Waals surface area (Å²) >= 11 is 3.41. The maximum absolute atomic E-state index is 13.2. The van der Waals surface area contributed by atoms with Crippen molar-refractivity contribution < 1.29 is 4.39 Å². The molecular weight excluding hydrogens is 319 g/mol. The molecule has 0 fully saturated rings. The van der Waals surface area contributed by atoms with E-state index in [0.29, 0.717) is 6.54 Å². The Kier molecular flexibility index (Phi) is 3.65. The van der Waals surface area contributed by atoms with Crippen molar-refractivity contribution in [3.05, 3.63) is 70.7 Å². The SMILES string of the molecule is Fc1ccc(Br)c(NCc2ccc3cnccc3c2)c1. The number of pyridine rings is 1. The summed E-state index contributed by atoms with van der Waals surface area (Å²) in [5, 5.41) is 5.50. The smallest absolute Gasteiger partial charge is 0.125 e. The van der Waals surface area contributed by atoms with Crippen molar-refractivity contribution in [2.45, 2.75) is 6.54 Å². The summed E-state index contributed by atoms with van der Waals surface area (Å²) < 4.78 is 14.1. The van der Waals surface area contributed by atoms with Crippen LogP contribution in [0.25, 0.3) is 10.8 Å². The van der Waals surface area contributed by atoms with E-state index < -0.39 is 0 Å². The van der Waals surface area contributed by atoms with E-state index in [4.69, 9.17) is 0 Å². The number of anilines is 1. The number of hydrogen-bond donors (Lipinski definition) is 1. The zero-order valence-corrected chi connectivity index (χ0v) is 12.2. The molecule has 100 valence electrons. The lowest BCUT2D eigenvalue weighted by Crippen LogP contribution is -2.00. The second-order valence-electron chi connectivity index (χ2n) is 4.53. The van der Waals surface area contributed by atoms with Crippen LogP contribution in [-0.4, -0.2) is 4.98 Å². The van der Waals surface area contributed by atoms with Gasteiger partial charge in [0.05, 0.1) is 5.69 Å². The summed E-state index contributed by atoms with van der Waals surface area (Å²) in [5.74, 6) is -0.250. The number of fused-ring (bicyclic) bond motifs is 1. The molecule has 0 aliphatic heterocycles. The molecule has 0 saturated heterocycles. The highest BCUT2D eigenvalue weighted by atomic mass is 79.9. The van der Waals surface area contributed by atoms with Gasteiger partial charge in [-0.1, -0.05) is 12.1 Å². The molecule has 2 nitrogen and oxygen atoms in total. The van der Waals surface area contributed by atoms with Gasteiger partial charge in [0.25, 0.3) is 0 Å². The third kappa shape index (κ3) is 2.80. The van der Waals surface area contributed by atoms with Crippen molar-refractivity contribution in [1.82, 2.24) is 4.98 Å². The Morgan fingerprint density at radius 3 is 2.85 bits per heavy atom. The molecule has 2 aromatic carbocycles. The van der Waals surface area contributed by atoms with Crippen LogP contribution in [0.2, 0.25) is 0 Å². The van der Waals surface area contributed by atoms with Crippen LogP contribution in [0.3, 0.4) is 0 Å². The molecule has 3 aromatic rings. The second kappa shape index (κ2) is 5.59. The van der Waals surface area contributed by atoms with Crippen LogP contribution in [0.5, 0.6) is 0 Å². The summed E-state index contributed by atoms with van der Waals surface area (Å²) in [6.45, 7) is 0.639. The fourth-order valence-corrected chi connectivity index (χ4v) is 2.46. The van der Waals surface area contributed by atoms with E-state index in [2.05, 4.69) is 32.3 Å². The molecule has 1 heterocycles. The average Bonchev–Trinajstić information content (AvgIpc) is 2.48. The molecule has 0 aliphatic carbocycles. The minimum Gasteiger partial charge on any atom is -0.380 e. The van der Waals surface area contributed by atoms with Gasteiger partial charge in [0, 0.05) is 28.8 Å². The van der Waals surface area contributed by atoms with Crippen LogP contribution in [0.15, 0.2) is 59.3 Å². The van der Waals surface area contributed by atoms with Gasteiger partial charge in [-0.3, -0.25) is 4.98 Å². The third-order valence-corrected chi connectivity index (χ3v) is 3.81. The van der Waals surface area contributed by atoms with Gasteiger partial charge in [-0.25, -0.2) is 4.39 Å². The van der Waals surface area contributed by atoms with E-state index in [9.17, 15) is 4.39 Å². The summed E-state index contributed by atoms with van der Waals surface area (Å²) in [7, 11) is 0. The van der Waals surface area contributed by atoms with Crippen LogP contribution < -0.4 is 5.32 Å². The third-order valence-electron chi connectivity index (χ3n) is 3.12. The number of nitrogens with zero attached hydrogens (tertiary/aromatic N) is 1. The molecular formula is C16H12BrFN2. The van der Waals surface area contributed by atoms with Crippen molar-refractivity contribution in [2.24, 2.45) is 0 Å². The van der Waals surface area contributed by atoms with Crippen LogP contribution in [0.1, 0.15) is 5.56 Å². The minimum absolute atomic E-state index is 0.250. The quantitative estimate of drug-likeness (QED) is 0.749. The molecule has 0 saturated carbocycles. The summed E-state index contributed by atoms with van der Waals surface area (Å²) in [5.41, 5.74) is 1.89. The standard InChI is InChI=1S/C16H12BrFN2/c17-15-4-3-14(18)8-16(15)20-9-11-1-2-13-10-19-6-5-12(13)7-11/h1-8,10,20H,9H2. The van der Waals surface area contributed by atoms with E-state index >= 15 is 0 Å². The number of nitrogens with one attached hydrogen (secondary N) is 1. The van der Waals surface area contributed by atoms with Crippen LogP contribution in [0, 0.1) is 5.82 Å². The van der Waals surface area contributed by atoms with Gasteiger partial charge in [-0.15, -0.1) is 0 Å². The highest BCUT2D eigenvalue weighted by Crippen LogP contribution is 2.24. The average molecular weight is 331 g/mol. The van der Waals surface area contributed by atoms with E-state index in [1.54, 1.807) is 12.3 Å². The maximum Gasteiger partial charge on any atom is 0.125 e. The molecule has 1 N–H and O–H groups in total. The Bertz CT molecular complexity index is 758. The van der Waals surface area contributed by atoms with Crippen molar-refractivity contribution in [2.75, 3.05) is 5.32 Å². The first-order chi connectivity index (χ1) is 9.72. The molecule has 0 spiro atoms. The Hall–Kier alpha value is -1.94. The highest BCUT2D eigenvalue weighted by Gasteiger charge is 2.02. The Morgan fingerprint density at radius 2 is 1.95 bits per heavy atom. The summed E-state index contributed by atoms with van der Waals surface area (Å²) in [4.78, 5) is 4.09. The van der Waals surface area contributed by atoms with E-state index in [-0.39, 0.29) is 5.82 Å². The van der Waals surface area contributed by atoms with Crippen molar-refractivity contribution in [3.63, 3.8) is 0 Å². The van der Waals surface area contributed by atoms with Crippen molar-refractivity contribution >= 4 is 32.4 Å². The molecule has 0 amide bonds. The van der Waals surface area contributed by atoms with Crippen LogP contribution in [-0.2, 0) is 6.54 Å². The molecule has 0 unspecified atom stereocenters. The van der Waals surface area contributed by atoms with Gasteiger partial charge < -0.3 is 5.32 Å². The van der Waals surface area contributed by atoms with Crippen LogP contribution >= 0.6 is 15.9 Å². The lowest BCUT2D eigenvalue weighted by Gasteiger charge is -2.09. The van der Waals surface area contributed by atoms with Gasteiger partial charge in [0.2, 0.25) is 0 Å². The van der Waals surface area contributed by atoms with Gasteiger partial charge >= 0.3 is 0 Å². The zero-order valence-electron chi connectivity index (χ0n) is 10.6. The molecule has 4 heteroatoms. The number of hydrogen-bond acceptors (Lipinski definition) is 2. The fraction of sp³-hybridized carbons (Fsp3) is 0.0625. The largest absolute Gasteiger partial charge is 0.380 e. The van der Waals surface area contributed by atoms with E-state index in [1.165, 1.54) is 12.1 Å². The predicted octanol–water partition coefficient (Wildman–Crippen LogP) is 4.75. The van der Waals surface area contributed by atoms with Gasteiger partial charge in [-0.2, -0.15) is 0 Å². The molecule has 0 radical (unpaired) electrons.